The largest absolute Gasteiger partial charge is 0.389 e. The first-order chi connectivity index (χ1) is 9.45. The number of aryl methyl sites for hydroxylation is 2. The molecule has 1 aliphatic heterocycles. The van der Waals surface area contributed by atoms with E-state index < -0.39 is 0 Å². The third kappa shape index (κ3) is 2.60. The van der Waals surface area contributed by atoms with Crippen LogP contribution in [0, 0.1) is 13.8 Å². The Kier molecular flexibility index (Phi) is 4.23. The van der Waals surface area contributed by atoms with Crippen LogP contribution in [0.5, 0.6) is 0 Å². The molecule has 0 aromatic carbocycles. The molecule has 1 saturated heterocycles. The summed E-state index contributed by atoms with van der Waals surface area (Å²) in [4.78, 5) is 18.9. The lowest BCUT2D eigenvalue weighted by atomic mass is 10.0. The summed E-state index contributed by atoms with van der Waals surface area (Å²) in [7, 11) is 0. The number of piperazine rings is 1. The van der Waals surface area contributed by atoms with Gasteiger partial charge in [-0.15, -0.1) is 0 Å². The van der Waals surface area contributed by atoms with Gasteiger partial charge >= 0.3 is 0 Å². The SMILES string of the molecule is CCC1C(=O)NCCN1c1cc(C)nc(C)c1C(N)=S. The Morgan fingerprint density at radius 2 is 2.30 bits per heavy atom. The van der Waals surface area contributed by atoms with Crippen molar-refractivity contribution in [3.05, 3.63) is 23.0 Å². The van der Waals surface area contributed by atoms with Crippen LogP contribution >= 0.6 is 12.2 Å². The van der Waals surface area contributed by atoms with Gasteiger partial charge in [0.2, 0.25) is 5.91 Å². The Balaban J connectivity index is 2.55. The number of carbonyl (C=O) groups is 1. The molecule has 0 spiro atoms. The van der Waals surface area contributed by atoms with Crippen LogP contribution in [-0.4, -0.2) is 35.0 Å². The second-order valence-corrected chi connectivity index (χ2v) is 5.46. The van der Waals surface area contributed by atoms with Gasteiger partial charge in [-0.25, -0.2) is 0 Å². The van der Waals surface area contributed by atoms with Crippen LogP contribution in [0.4, 0.5) is 5.69 Å². The Hall–Kier alpha value is -1.69. The summed E-state index contributed by atoms with van der Waals surface area (Å²) in [5.74, 6) is 0.0553. The Labute approximate surface area is 124 Å². The number of thiocarbonyl (C=S) groups is 1. The van der Waals surface area contributed by atoms with Crippen molar-refractivity contribution >= 4 is 28.8 Å². The summed E-state index contributed by atoms with van der Waals surface area (Å²) in [5, 5.41) is 2.90. The van der Waals surface area contributed by atoms with Crippen molar-refractivity contribution < 1.29 is 4.79 Å². The van der Waals surface area contributed by atoms with Gasteiger partial charge in [0.1, 0.15) is 11.0 Å². The number of amides is 1. The molecule has 2 heterocycles. The zero-order valence-corrected chi connectivity index (χ0v) is 12.9. The fourth-order valence-electron chi connectivity index (χ4n) is 2.75. The molecule has 1 amide bonds. The van der Waals surface area contributed by atoms with Crippen LogP contribution in [0.15, 0.2) is 6.07 Å². The van der Waals surface area contributed by atoms with Crippen LogP contribution in [0.2, 0.25) is 0 Å². The molecule has 1 unspecified atom stereocenters. The third-order valence-corrected chi connectivity index (χ3v) is 3.79. The average molecular weight is 292 g/mol. The molecule has 1 aromatic heterocycles. The molecule has 0 bridgehead atoms. The van der Waals surface area contributed by atoms with Crippen LogP contribution in [0.1, 0.15) is 30.3 Å². The fraction of sp³-hybridized carbons (Fsp3) is 0.500. The highest BCUT2D eigenvalue weighted by Gasteiger charge is 2.30. The molecule has 2 rings (SSSR count). The van der Waals surface area contributed by atoms with E-state index in [1.54, 1.807) is 0 Å². The van der Waals surface area contributed by atoms with Gasteiger partial charge in [0.25, 0.3) is 0 Å². The fourth-order valence-corrected chi connectivity index (χ4v) is 3.00. The smallest absolute Gasteiger partial charge is 0.242 e. The number of rotatable bonds is 3. The maximum absolute atomic E-state index is 12.0. The molecular formula is C14H20N4OS. The van der Waals surface area contributed by atoms with E-state index in [9.17, 15) is 4.79 Å². The van der Waals surface area contributed by atoms with Crippen molar-refractivity contribution in [2.75, 3.05) is 18.0 Å². The monoisotopic (exact) mass is 292 g/mol. The van der Waals surface area contributed by atoms with Crippen molar-refractivity contribution in [2.24, 2.45) is 5.73 Å². The maximum Gasteiger partial charge on any atom is 0.242 e. The first-order valence-electron chi connectivity index (χ1n) is 6.78. The lowest BCUT2D eigenvalue weighted by Crippen LogP contribution is -2.55. The zero-order chi connectivity index (χ0) is 14.9. The third-order valence-electron chi connectivity index (χ3n) is 3.58. The van der Waals surface area contributed by atoms with E-state index in [-0.39, 0.29) is 11.9 Å². The molecule has 20 heavy (non-hydrogen) atoms. The molecule has 0 aliphatic carbocycles. The van der Waals surface area contributed by atoms with Gasteiger partial charge < -0.3 is 16.0 Å². The minimum atomic E-state index is -0.182. The summed E-state index contributed by atoms with van der Waals surface area (Å²) in [6, 6.07) is 1.78. The Morgan fingerprint density at radius 3 is 2.90 bits per heavy atom. The highest BCUT2D eigenvalue weighted by molar-refractivity contribution is 7.80. The number of anilines is 1. The molecule has 0 saturated carbocycles. The standard InChI is InChI=1S/C14H20N4OS/c1-4-10-14(19)16-5-6-18(10)11-7-8(2)17-9(3)12(11)13(15)20/h7,10H,4-6H2,1-3H3,(H2,15,20)(H,16,19). The molecule has 1 aliphatic rings. The second-order valence-electron chi connectivity index (χ2n) is 5.02. The lowest BCUT2D eigenvalue weighted by molar-refractivity contribution is -0.123. The summed E-state index contributed by atoms with van der Waals surface area (Å²) in [6.45, 7) is 7.22. The molecule has 1 fully saturated rings. The molecule has 6 heteroatoms. The molecule has 1 aromatic rings. The van der Waals surface area contributed by atoms with Crippen LogP contribution in [-0.2, 0) is 4.79 Å². The predicted octanol–water partition coefficient (Wildman–Crippen LogP) is 1.05. The first kappa shape index (κ1) is 14.7. The van der Waals surface area contributed by atoms with Crippen molar-refractivity contribution in [2.45, 2.75) is 33.2 Å². The van der Waals surface area contributed by atoms with Gasteiger partial charge in [-0.1, -0.05) is 19.1 Å². The summed E-state index contributed by atoms with van der Waals surface area (Å²) >= 11 is 5.16. The highest BCUT2D eigenvalue weighted by Crippen LogP contribution is 2.27. The Bertz CT molecular complexity index is 558. The molecule has 0 radical (unpaired) electrons. The van der Waals surface area contributed by atoms with E-state index >= 15 is 0 Å². The number of carbonyl (C=O) groups excluding carboxylic acids is 1. The van der Waals surface area contributed by atoms with E-state index in [4.69, 9.17) is 18.0 Å². The van der Waals surface area contributed by atoms with Gasteiger partial charge in [-0.05, 0) is 26.3 Å². The average Bonchev–Trinajstić information content (AvgIpc) is 2.36. The number of nitrogens with one attached hydrogen (secondary N) is 1. The van der Waals surface area contributed by atoms with Gasteiger partial charge in [0.05, 0.1) is 11.3 Å². The molecule has 108 valence electrons. The molecule has 3 N–H and O–H groups in total. The van der Waals surface area contributed by atoms with Gasteiger partial charge in [-0.3, -0.25) is 9.78 Å². The maximum atomic E-state index is 12.0. The van der Waals surface area contributed by atoms with E-state index in [0.29, 0.717) is 11.5 Å². The quantitative estimate of drug-likeness (QED) is 0.815. The van der Waals surface area contributed by atoms with Crippen LogP contribution in [0.3, 0.4) is 0 Å². The summed E-state index contributed by atoms with van der Waals surface area (Å²) in [5.41, 5.74) is 9.27. The number of nitrogens with zero attached hydrogens (tertiary/aromatic N) is 2. The normalized spacial score (nSPS) is 18.9. The molecule has 5 nitrogen and oxygen atoms in total. The second kappa shape index (κ2) is 5.75. The van der Waals surface area contributed by atoms with Crippen molar-refractivity contribution in [3.63, 3.8) is 0 Å². The van der Waals surface area contributed by atoms with Crippen molar-refractivity contribution in [3.8, 4) is 0 Å². The van der Waals surface area contributed by atoms with Gasteiger partial charge in [0.15, 0.2) is 0 Å². The molecular weight excluding hydrogens is 272 g/mol. The Morgan fingerprint density at radius 1 is 1.60 bits per heavy atom. The number of nitrogens with two attached hydrogens (primary N) is 1. The topological polar surface area (TPSA) is 71.2 Å². The van der Waals surface area contributed by atoms with E-state index in [0.717, 1.165) is 35.6 Å². The zero-order valence-electron chi connectivity index (χ0n) is 12.1. The summed E-state index contributed by atoms with van der Waals surface area (Å²) < 4.78 is 0. The van der Waals surface area contributed by atoms with E-state index in [2.05, 4.69) is 15.2 Å². The number of hydrogen-bond donors (Lipinski definition) is 2. The number of aromatic nitrogens is 1. The van der Waals surface area contributed by atoms with Crippen LogP contribution in [0.25, 0.3) is 0 Å². The van der Waals surface area contributed by atoms with E-state index in [1.807, 2.05) is 26.8 Å². The summed E-state index contributed by atoms with van der Waals surface area (Å²) in [6.07, 6.45) is 0.739. The minimum absolute atomic E-state index is 0.0553. The molecule has 1 atom stereocenters. The van der Waals surface area contributed by atoms with Crippen molar-refractivity contribution in [1.82, 2.24) is 10.3 Å². The first-order valence-corrected chi connectivity index (χ1v) is 7.19. The van der Waals surface area contributed by atoms with E-state index in [1.165, 1.54) is 0 Å². The number of hydrogen-bond acceptors (Lipinski definition) is 4. The minimum Gasteiger partial charge on any atom is -0.389 e. The van der Waals surface area contributed by atoms with Gasteiger partial charge in [-0.2, -0.15) is 0 Å². The van der Waals surface area contributed by atoms with Crippen LogP contribution < -0.4 is 16.0 Å². The van der Waals surface area contributed by atoms with Gasteiger partial charge in [0, 0.05) is 24.5 Å². The van der Waals surface area contributed by atoms with Crippen molar-refractivity contribution in [1.29, 1.82) is 0 Å². The predicted molar refractivity (Wildman–Crippen MR) is 84.0 cm³/mol. The number of pyridine rings is 1. The lowest BCUT2D eigenvalue weighted by Gasteiger charge is -2.37. The highest BCUT2D eigenvalue weighted by atomic mass is 32.1.